The number of anilines is 1. The van der Waals surface area contributed by atoms with Crippen molar-refractivity contribution in [1.82, 2.24) is 14.5 Å². The number of amides is 2. The Kier molecular flexibility index (Phi) is 11.2. The van der Waals surface area contributed by atoms with Crippen LogP contribution in [0.4, 0.5) is 10.1 Å². The van der Waals surface area contributed by atoms with Crippen molar-refractivity contribution in [3.8, 4) is 0 Å². The third kappa shape index (κ3) is 8.55. The molecular formula is C32H38ClFN4O4S. The first-order valence-corrected chi connectivity index (χ1v) is 16.2. The maximum absolute atomic E-state index is 15.0. The standard InChI is InChI=1S/C32H38ClFN4O4S/c1-36(2)43(41,42)38(29-16-10-9-15-28(29)34)23-31(39)37(22-25-17-19-26(33)20-18-25)30(21-24-11-5-3-6-12-24)32(40)35-27-13-7-4-8-14-27/h3,5-6,9-12,15-20,27,30H,4,7-8,13-14,21-23H2,1-2H3,(H,35,40). The molecule has 3 aromatic rings. The van der Waals surface area contributed by atoms with Gasteiger partial charge in [-0.05, 0) is 48.2 Å². The van der Waals surface area contributed by atoms with E-state index in [9.17, 15) is 22.4 Å². The number of rotatable bonds is 12. The highest BCUT2D eigenvalue weighted by atomic mass is 35.5. The van der Waals surface area contributed by atoms with Crippen LogP contribution in [0, 0.1) is 5.82 Å². The second kappa shape index (κ2) is 14.8. The number of nitrogens with one attached hydrogen (secondary N) is 1. The topological polar surface area (TPSA) is 90.0 Å². The van der Waals surface area contributed by atoms with Crippen molar-refractivity contribution in [2.45, 2.75) is 57.2 Å². The second-order valence-corrected chi connectivity index (χ2v) is 13.4. The van der Waals surface area contributed by atoms with Crippen LogP contribution in [-0.2, 0) is 32.8 Å². The first kappa shape index (κ1) is 32.4. The summed E-state index contributed by atoms with van der Waals surface area (Å²) >= 11 is 6.11. The van der Waals surface area contributed by atoms with Crippen molar-refractivity contribution in [3.63, 3.8) is 0 Å². The molecule has 8 nitrogen and oxygen atoms in total. The van der Waals surface area contributed by atoms with Gasteiger partial charge in [0.1, 0.15) is 18.4 Å². The number of halogens is 2. The van der Waals surface area contributed by atoms with Gasteiger partial charge in [0.15, 0.2) is 0 Å². The highest BCUT2D eigenvalue weighted by Gasteiger charge is 2.36. The van der Waals surface area contributed by atoms with Crippen LogP contribution in [0.1, 0.15) is 43.2 Å². The summed E-state index contributed by atoms with van der Waals surface area (Å²) in [7, 11) is -1.66. The molecule has 1 N–H and O–H groups in total. The zero-order chi connectivity index (χ0) is 31.0. The van der Waals surface area contributed by atoms with Gasteiger partial charge < -0.3 is 10.2 Å². The summed E-state index contributed by atoms with van der Waals surface area (Å²) < 4.78 is 43.5. The number of carbonyl (C=O) groups excluding carboxylic acids is 2. The zero-order valence-corrected chi connectivity index (χ0v) is 26.0. The van der Waals surface area contributed by atoms with Crippen LogP contribution in [0.2, 0.25) is 5.02 Å². The van der Waals surface area contributed by atoms with Gasteiger partial charge in [-0.3, -0.25) is 9.59 Å². The summed E-state index contributed by atoms with van der Waals surface area (Å²) in [5.74, 6) is -1.75. The van der Waals surface area contributed by atoms with Crippen molar-refractivity contribution >= 4 is 39.3 Å². The van der Waals surface area contributed by atoms with Gasteiger partial charge in [0.25, 0.3) is 0 Å². The van der Waals surface area contributed by atoms with E-state index < -0.39 is 34.5 Å². The summed E-state index contributed by atoms with van der Waals surface area (Å²) in [5, 5.41) is 3.67. The van der Waals surface area contributed by atoms with Gasteiger partial charge in [-0.2, -0.15) is 12.7 Å². The van der Waals surface area contributed by atoms with E-state index in [0.29, 0.717) is 10.6 Å². The molecule has 2 amide bonds. The fourth-order valence-corrected chi connectivity index (χ4v) is 6.43. The summed E-state index contributed by atoms with van der Waals surface area (Å²) in [6.45, 7) is -0.699. The van der Waals surface area contributed by atoms with Crippen LogP contribution >= 0.6 is 11.6 Å². The third-order valence-electron chi connectivity index (χ3n) is 7.63. The van der Waals surface area contributed by atoms with E-state index in [1.807, 2.05) is 30.3 Å². The third-order valence-corrected chi connectivity index (χ3v) is 9.69. The van der Waals surface area contributed by atoms with Crippen molar-refractivity contribution in [1.29, 1.82) is 0 Å². The zero-order valence-electron chi connectivity index (χ0n) is 24.5. The van der Waals surface area contributed by atoms with Crippen molar-refractivity contribution in [2.24, 2.45) is 0 Å². The minimum atomic E-state index is -4.29. The van der Waals surface area contributed by atoms with Crippen molar-refractivity contribution < 1.29 is 22.4 Å². The SMILES string of the molecule is CN(C)S(=O)(=O)N(CC(=O)N(Cc1ccc(Cl)cc1)C(Cc1ccccc1)C(=O)NC1CCCCC1)c1ccccc1F. The lowest BCUT2D eigenvalue weighted by atomic mass is 9.94. The van der Waals surface area contributed by atoms with E-state index >= 15 is 0 Å². The van der Waals surface area contributed by atoms with E-state index in [1.54, 1.807) is 24.3 Å². The van der Waals surface area contributed by atoms with E-state index in [0.717, 1.165) is 52.3 Å². The van der Waals surface area contributed by atoms with Crippen molar-refractivity contribution in [3.05, 3.63) is 101 Å². The molecule has 0 bridgehead atoms. The molecule has 0 radical (unpaired) electrons. The summed E-state index contributed by atoms with van der Waals surface area (Å²) in [6, 6.07) is 20.7. The van der Waals surface area contributed by atoms with E-state index in [1.165, 1.54) is 37.2 Å². The average Bonchev–Trinajstić information content (AvgIpc) is 3.00. The molecule has 0 heterocycles. The molecule has 43 heavy (non-hydrogen) atoms. The number of hydrogen-bond donors (Lipinski definition) is 1. The number of hydrogen-bond acceptors (Lipinski definition) is 4. The lowest BCUT2D eigenvalue weighted by Crippen LogP contribution is -2.55. The predicted octanol–water partition coefficient (Wildman–Crippen LogP) is 5.18. The van der Waals surface area contributed by atoms with Crippen molar-refractivity contribution in [2.75, 3.05) is 24.9 Å². The van der Waals surface area contributed by atoms with Gasteiger partial charge in [-0.15, -0.1) is 0 Å². The molecule has 1 fully saturated rings. The molecule has 3 aromatic carbocycles. The van der Waals surface area contributed by atoms with Crippen LogP contribution in [0.15, 0.2) is 78.9 Å². The highest BCUT2D eigenvalue weighted by Crippen LogP contribution is 2.25. The lowest BCUT2D eigenvalue weighted by Gasteiger charge is -2.35. The smallest absolute Gasteiger partial charge is 0.304 e. The fourth-order valence-electron chi connectivity index (χ4n) is 5.24. The van der Waals surface area contributed by atoms with Gasteiger partial charge in [0.2, 0.25) is 11.8 Å². The Labute approximate surface area is 258 Å². The van der Waals surface area contributed by atoms with Gasteiger partial charge in [-0.1, -0.05) is 85.5 Å². The highest BCUT2D eigenvalue weighted by molar-refractivity contribution is 7.90. The number of para-hydroxylation sites is 1. The van der Waals surface area contributed by atoms with Gasteiger partial charge >= 0.3 is 10.2 Å². The molecule has 1 saturated carbocycles. The Morgan fingerprint density at radius 3 is 2.16 bits per heavy atom. The molecular weight excluding hydrogens is 591 g/mol. The second-order valence-electron chi connectivity index (χ2n) is 10.9. The van der Waals surface area contributed by atoms with Crippen LogP contribution in [0.3, 0.4) is 0 Å². The van der Waals surface area contributed by atoms with Gasteiger partial charge in [-0.25, -0.2) is 8.70 Å². The molecule has 1 aliphatic carbocycles. The van der Waals surface area contributed by atoms with Crippen LogP contribution in [-0.4, -0.2) is 62.2 Å². The summed E-state index contributed by atoms with van der Waals surface area (Å²) in [4.78, 5) is 29.7. The summed E-state index contributed by atoms with van der Waals surface area (Å²) in [6.07, 6.45) is 5.07. The quantitative estimate of drug-likeness (QED) is 0.299. The van der Waals surface area contributed by atoms with E-state index in [4.69, 9.17) is 11.6 Å². The maximum Gasteiger partial charge on any atom is 0.304 e. The Morgan fingerprint density at radius 2 is 1.53 bits per heavy atom. The van der Waals surface area contributed by atoms with Gasteiger partial charge in [0.05, 0.1) is 5.69 Å². The van der Waals surface area contributed by atoms with Crippen LogP contribution < -0.4 is 9.62 Å². The lowest BCUT2D eigenvalue weighted by molar-refractivity contribution is -0.140. The Bertz CT molecular complexity index is 1480. The predicted molar refractivity (Wildman–Crippen MR) is 167 cm³/mol. The van der Waals surface area contributed by atoms with Crippen LogP contribution in [0.5, 0.6) is 0 Å². The minimum absolute atomic E-state index is 0.00367. The number of benzene rings is 3. The largest absolute Gasteiger partial charge is 0.352 e. The Hall–Kier alpha value is -3.47. The molecule has 1 unspecified atom stereocenters. The molecule has 4 rings (SSSR count). The molecule has 0 spiro atoms. The van der Waals surface area contributed by atoms with Crippen LogP contribution in [0.25, 0.3) is 0 Å². The fraction of sp³-hybridized carbons (Fsp3) is 0.375. The average molecular weight is 629 g/mol. The van der Waals surface area contributed by atoms with E-state index in [-0.39, 0.29) is 30.6 Å². The number of nitrogens with zero attached hydrogens (tertiary/aromatic N) is 3. The molecule has 1 atom stereocenters. The first-order chi connectivity index (χ1) is 20.6. The Morgan fingerprint density at radius 1 is 0.907 bits per heavy atom. The molecule has 230 valence electrons. The Balaban J connectivity index is 1.75. The maximum atomic E-state index is 15.0. The monoisotopic (exact) mass is 628 g/mol. The molecule has 1 aliphatic rings. The summed E-state index contributed by atoms with van der Waals surface area (Å²) in [5.41, 5.74) is 1.28. The molecule has 11 heteroatoms. The van der Waals surface area contributed by atoms with Gasteiger partial charge in [0, 0.05) is 38.1 Å². The molecule has 0 saturated heterocycles. The molecule has 0 aliphatic heterocycles. The van der Waals surface area contributed by atoms with E-state index in [2.05, 4.69) is 5.32 Å². The minimum Gasteiger partial charge on any atom is -0.352 e. The number of carbonyl (C=O) groups is 2. The normalized spacial score (nSPS) is 14.7. The first-order valence-electron chi connectivity index (χ1n) is 14.4. The molecule has 0 aromatic heterocycles.